The van der Waals surface area contributed by atoms with Crippen LogP contribution < -0.4 is 5.32 Å². The third-order valence-corrected chi connectivity index (χ3v) is 6.46. The lowest BCUT2D eigenvalue weighted by Crippen LogP contribution is -2.35. The molecule has 2 amide bonds. The van der Waals surface area contributed by atoms with Gasteiger partial charge in [-0.2, -0.15) is 0 Å². The number of thioether (sulfide) groups is 1. The van der Waals surface area contributed by atoms with Gasteiger partial charge in [-0.3, -0.25) is 24.6 Å². The molecule has 1 saturated carbocycles. The van der Waals surface area contributed by atoms with Gasteiger partial charge < -0.3 is 5.32 Å². The molecule has 0 bridgehead atoms. The van der Waals surface area contributed by atoms with Crippen molar-refractivity contribution in [3.63, 3.8) is 0 Å². The highest BCUT2D eigenvalue weighted by Crippen LogP contribution is 2.39. The van der Waals surface area contributed by atoms with E-state index in [9.17, 15) is 19.7 Å². The van der Waals surface area contributed by atoms with Crippen LogP contribution in [0.15, 0.2) is 47.5 Å². The van der Waals surface area contributed by atoms with Gasteiger partial charge in [0.05, 0.1) is 10.6 Å². The van der Waals surface area contributed by atoms with E-state index in [1.165, 1.54) is 35.5 Å². The number of hydrogen-bond acceptors (Lipinski definition) is 6. The fourth-order valence-corrected chi connectivity index (χ4v) is 4.56. The Kier molecular flexibility index (Phi) is 5.77. The number of amidine groups is 1. The van der Waals surface area contributed by atoms with E-state index < -0.39 is 10.2 Å². The lowest BCUT2D eigenvalue weighted by Gasteiger charge is -2.15. The quantitative estimate of drug-likeness (QED) is 0.534. The number of anilines is 1. The highest BCUT2D eigenvalue weighted by atomic mass is 32.2. The van der Waals surface area contributed by atoms with Gasteiger partial charge in [0.15, 0.2) is 5.17 Å². The zero-order valence-electron chi connectivity index (χ0n) is 17.2. The number of benzene rings is 2. The molecule has 1 heterocycles. The molecular weight excluding hydrogens is 416 g/mol. The van der Waals surface area contributed by atoms with Crippen LogP contribution in [0.1, 0.15) is 30.4 Å². The zero-order valence-corrected chi connectivity index (χ0v) is 18.0. The van der Waals surface area contributed by atoms with Gasteiger partial charge in [0, 0.05) is 30.3 Å². The normalized spacial score (nSPS) is 19.7. The minimum atomic E-state index is -0.565. The molecule has 31 heavy (non-hydrogen) atoms. The molecule has 0 radical (unpaired) electrons. The maximum atomic E-state index is 13.0. The van der Waals surface area contributed by atoms with E-state index in [-0.39, 0.29) is 30.0 Å². The summed E-state index contributed by atoms with van der Waals surface area (Å²) in [7, 11) is 0. The van der Waals surface area contributed by atoms with Gasteiger partial charge in [0.1, 0.15) is 5.25 Å². The number of hydrogen-bond donors (Lipinski definition) is 1. The molecule has 160 valence electrons. The molecule has 1 aliphatic carbocycles. The van der Waals surface area contributed by atoms with Crippen molar-refractivity contribution in [1.82, 2.24) is 4.90 Å². The van der Waals surface area contributed by atoms with Crippen molar-refractivity contribution in [2.45, 2.75) is 44.4 Å². The highest BCUT2D eigenvalue weighted by molar-refractivity contribution is 8.15. The van der Waals surface area contributed by atoms with Crippen LogP contribution in [-0.2, 0) is 9.59 Å². The molecule has 9 heteroatoms. The number of nitro benzene ring substituents is 1. The Morgan fingerprint density at radius 3 is 2.68 bits per heavy atom. The summed E-state index contributed by atoms with van der Waals surface area (Å²) in [6.45, 7) is 4.05. The van der Waals surface area contributed by atoms with Crippen LogP contribution in [-0.4, -0.2) is 38.1 Å². The largest absolute Gasteiger partial charge is 0.326 e. The average Bonchev–Trinajstić information content (AvgIpc) is 3.51. The fourth-order valence-electron chi connectivity index (χ4n) is 3.35. The number of aliphatic imine (C=N–C) groups is 1. The molecule has 2 aromatic rings. The lowest BCUT2D eigenvalue weighted by atomic mass is 10.1. The van der Waals surface area contributed by atoms with Gasteiger partial charge >= 0.3 is 0 Å². The molecule has 1 saturated heterocycles. The molecule has 2 fully saturated rings. The van der Waals surface area contributed by atoms with Gasteiger partial charge in [0.2, 0.25) is 11.8 Å². The van der Waals surface area contributed by atoms with Crippen LogP contribution in [0.25, 0.3) is 0 Å². The van der Waals surface area contributed by atoms with Crippen molar-refractivity contribution in [2.24, 2.45) is 4.99 Å². The maximum absolute atomic E-state index is 13.0. The number of amides is 2. The fraction of sp³-hybridized carbons (Fsp3) is 0.318. The number of carbonyl (C=O) groups is 2. The van der Waals surface area contributed by atoms with Crippen LogP contribution in [0.5, 0.6) is 0 Å². The van der Waals surface area contributed by atoms with Crippen LogP contribution >= 0.6 is 11.8 Å². The number of carbonyl (C=O) groups excluding carboxylic acids is 2. The second-order valence-electron chi connectivity index (χ2n) is 7.77. The monoisotopic (exact) mass is 438 g/mol. The van der Waals surface area contributed by atoms with Crippen molar-refractivity contribution in [3.05, 3.63) is 63.7 Å². The first kappa shape index (κ1) is 21.0. The molecule has 2 aliphatic rings. The molecule has 1 aliphatic heterocycles. The van der Waals surface area contributed by atoms with Crippen molar-refractivity contribution in [1.29, 1.82) is 0 Å². The number of non-ortho nitro benzene ring substituents is 1. The van der Waals surface area contributed by atoms with E-state index in [4.69, 9.17) is 4.99 Å². The summed E-state index contributed by atoms with van der Waals surface area (Å²) in [5.41, 5.74) is 3.31. The average molecular weight is 439 g/mol. The smallest absolute Gasteiger partial charge is 0.271 e. The molecular formula is C22H22N4O4S. The molecule has 1 unspecified atom stereocenters. The Bertz CT molecular complexity index is 1100. The van der Waals surface area contributed by atoms with E-state index in [1.54, 1.807) is 11.0 Å². The molecule has 2 aromatic carbocycles. The lowest BCUT2D eigenvalue weighted by molar-refractivity contribution is -0.384. The second kappa shape index (κ2) is 8.50. The topological polar surface area (TPSA) is 105 Å². The highest BCUT2D eigenvalue weighted by Gasteiger charge is 2.46. The Morgan fingerprint density at radius 2 is 2.00 bits per heavy atom. The molecule has 1 atom stereocenters. The minimum Gasteiger partial charge on any atom is -0.326 e. The molecule has 0 aromatic heterocycles. The molecule has 1 N–H and O–H groups in total. The van der Waals surface area contributed by atoms with Gasteiger partial charge in [-0.05, 0) is 56.0 Å². The molecule has 0 spiro atoms. The third kappa shape index (κ3) is 4.77. The van der Waals surface area contributed by atoms with E-state index in [0.29, 0.717) is 10.9 Å². The molecule has 8 nitrogen and oxygen atoms in total. The van der Waals surface area contributed by atoms with Crippen molar-refractivity contribution < 1.29 is 14.5 Å². The SMILES string of the molecule is Cc1ccc(N=C2SC(CC(=O)Nc3cccc([N+](=O)[O-])c3)C(=O)N2C2CC2)cc1C. The van der Waals surface area contributed by atoms with E-state index in [0.717, 1.165) is 24.1 Å². The summed E-state index contributed by atoms with van der Waals surface area (Å²) < 4.78 is 0. The summed E-state index contributed by atoms with van der Waals surface area (Å²) in [4.78, 5) is 42.4. The van der Waals surface area contributed by atoms with Gasteiger partial charge in [-0.25, -0.2) is 4.99 Å². The minimum absolute atomic E-state index is 0.0264. The van der Waals surface area contributed by atoms with Crippen LogP contribution in [0, 0.1) is 24.0 Å². The first-order chi connectivity index (χ1) is 14.8. The Labute approximate surface area is 183 Å². The Balaban J connectivity index is 1.49. The zero-order chi connectivity index (χ0) is 22.1. The van der Waals surface area contributed by atoms with E-state index in [2.05, 4.69) is 5.32 Å². The number of nitrogens with zero attached hydrogens (tertiary/aromatic N) is 3. The van der Waals surface area contributed by atoms with Gasteiger partial charge in [-0.1, -0.05) is 23.9 Å². The van der Waals surface area contributed by atoms with E-state index >= 15 is 0 Å². The first-order valence-corrected chi connectivity index (χ1v) is 10.9. The van der Waals surface area contributed by atoms with Crippen molar-refractivity contribution in [2.75, 3.05) is 5.32 Å². The van der Waals surface area contributed by atoms with Gasteiger partial charge in [0.25, 0.3) is 5.69 Å². The summed E-state index contributed by atoms with van der Waals surface area (Å²) in [5, 5.41) is 13.6. The number of nitrogens with one attached hydrogen (secondary N) is 1. The van der Waals surface area contributed by atoms with Gasteiger partial charge in [-0.15, -0.1) is 0 Å². The molecule has 4 rings (SSSR count). The van der Waals surface area contributed by atoms with Crippen LogP contribution in [0.2, 0.25) is 0 Å². The summed E-state index contributed by atoms with van der Waals surface area (Å²) >= 11 is 1.30. The number of rotatable bonds is 6. The third-order valence-electron chi connectivity index (χ3n) is 5.31. The summed E-state index contributed by atoms with van der Waals surface area (Å²) in [6.07, 6.45) is 1.84. The Morgan fingerprint density at radius 1 is 1.23 bits per heavy atom. The Hall–Kier alpha value is -3.20. The van der Waals surface area contributed by atoms with Crippen LogP contribution in [0.3, 0.4) is 0 Å². The number of nitro groups is 1. The van der Waals surface area contributed by atoms with Crippen molar-refractivity contribution in [3.8, 4) is 0 Å². The summed E-state index contributed by atoms with van der Waals surface area (Å²) in [6, 6.07) is 11.8. The standard InChI is InChI=1S/C22H22N4O4S/c1-13-6-7-16(10-14(13)2)24-22-25(17-8-9-17)21(28)19(31-22)12-20(27)23-15-4-3-5-18(11-15)26(29)30/h3-7,10-11,17,19H,8-9,12H2,1-2H3,(H,23,27). The van der Waals surface area contributed by atoms with Crippen molar-refractivity contribution >= 4 is 45.8 Å². The maximum Gasteiger partial charge on any atom is 0.271 e. The summed E-state index contributed by atoms with van der Waals surface area (Å²) in [5.74, 6) is -0.473. The van der Waals surface area contributed by atoms with E-state index in [1.807, 2.05) is 32.0 Å². The number of aryl methyl sites for hydroxylation is 2. The predicted molar refractivity (Wildman–Crippen MR) is 121 cm³/mol. The predicted octanol–water partition coefficient (Wildman–Crippen LogP) is 4.33. The van der Waals surface area contributed by atoms with Crippen LogP contribution in [0.4, 0.5) is 17.1 Å². The first-order valence-electron chi connectivity index (χ1n) is 10.0. The second-order valence-corrected chi connectivity index (χ2v) is 8.94.